The first-order valence-corrected chi connectivity index (χ1v) is 4.87. The smallest absolute Gasteiger partial charge is 0.328 e. The fourth-order valence-corrected chi connectivity index (χ4v) is 1.35. The molecule has 0 radical (unpaired) electrons. The van der Waals surface area contributed by atoms with Crippen molar-refractivity contribution in [3.63, 3.8) is 0 Å². The third kappa shape index (κ3) is 2.78. The molecule has 2 N–H and O–H groups in total. The molecule has 17 heavy (non-hydrogen) atoms. The molecule has 0 saturated carbocycles. The van der Waals surface area contributed by atoms with Crippen molar-refractivity contribution in [2.75, 3.05) is 0 Å². The van der Waals surface area contributed by atoms with Crippen LogP contribution in [0, 0.1) is 5.82 Å². The Hall–Kier alpha value is -2.43. The quantitative estimate of drug-likeness (QED) is 0.798. The number of carboxylic acid groups (broad SMARTS) is 1. The van der Waals surface area contributed by atoms with E-state index in [0.29, 0.717) is 11.5 Å². The second-order valence-electron chi connectivity index (χ2n) is 3.36. The van der Waals surface area contributed by atoms with E-state index in [1.165, 1.54) is 18.2 Å². The van der Waals surface area contributed by atoms with E-state index in [-0.39, 0.29) is 5.82 Å². The first-order valence-electron chi connectivity index (χ1n) is 4.87. The largest absolute Gasteiger partial charge is 0.478 e. The first-order chi connectivity index (χ1) is 8.15. The Kier molecular flexibility index (Phi) is 3.00. The van der Waals surface area contributed by atoms with Crippen LogP contribution >= 0.6 is 0 Å². The van der Waals surface area contributed by atoms with Crippen molar-refractivity contribution >= 4 is 12.0 Å². The van der Waals surface area contributed by atoms with E-state index >= 15 is 0 Å². The van der Waals surface area contributed by atoms with Crippen molar-refractivity contribution < 1.29 is 14.3 Å². The Morgan fingerprint density at radius 2 is 2.06 bits per heavy atom. The van der Waals surface area contributed by atoms with Crippen LogP contribution in [0.1, 0.15) is 5.82 Å². The van der Waals surface area contributed by atoms with Crippen LogP contribution in [0.4, 0.5) is 4.39 Å². The molecule has 0 aliphatic rings. The minimum Gasteiger partial charge on any atom is -0.478 e. The predicted octanol–water partition coefficient (Wildman–Crippen LogP) is 2.31. The van der Waals surface area contributed by atoms with Gasteiger partial charge < -0.3 is 10.1 Å². The molecule has 2 rings (SSSR count). The van der Waals surface area contributed by atoms with E-state index in [1.54, 1.807) is 18.3 Å². The van der Waals surface area contributed by atoms with Crippen LogP contribution < -0.4 is 0 Å². The number of nitrogens with one attached hydrogen (secondary N) is 1. The lowest BCUT2D eigenvalue weighted by atomic mass is 10.2. The van der Waals surface area contributed by atoms with E-state index in [9.17, 15) is 9.18 Å². The molecule has 1 aromatic carbocycles. The van der Waals surface area contributed by atoms with Crippen molar-refractivity contribution in [3.8, 4) is 11.3 Å². The minimum absolute atomic E-state index is 0.306. The zero-order valence-corrected chi connectivity index (χ0v) is 8.72. The molecule has 0 unspecified atom stereocenters. The Morgan fingerprint density at radius 3 is 2.71 bits per heavy atom. The Bertz CT molecular complexity index is 558. The summed E-state index contributed by atoms with van der Waals surface area (Å²) in [6.07, 6.45) is 3.91. The maximum atomic E-state index is 12.7. The highest BCUT2D eigenvalue weighted by Crippen LogP contribution is 2.17. The molecule has 0 aliphatic carbocycles. The number of carboxylic acids is 1. The fraction of sp³-hybridized carbons (Fsp3) is 0. The second kappa shape index (κ2) is 4.61. The van der Waals surface area contributed by atoms with Gasteiger partial charge in [-0.15, -0.1) is 0 Å². The summed E-state index contributed by atoms with van der Waals surface area (Å²) >= 11 is 0. The van der Waals surface area contributed by atoms with Crippen LogP contribution in [0.2, 0.25) is 0 Å². The average molecular weight is 232 g/mol. The van der Waals surface area contributed by atoms with Crippen molar-refractivity contribution in [2.45, 2.75) is 0 Å². The van der Waals surface area contributed by atoms with Gasteiger partial charge in [0.25, 0.3) is 0 Å². The van der Waals surface area contributed by atoms with Gasteiger partial charge in [-0.1, -0.05) is 0 Å². The van der Waals surface area contributed by atoms with Gasteiger partial charge in [-0.2, -0.15) is 0 Å². The molecule has 0 atom stereocenters. The highest BCUT2D eigenvalue weighted by molar-refractivity contribution is 5.84. The monoisotopic (exact) mass is 232 g/mol. The van der Waals surface area contributed by atoms with Gasteiger partial charge in [0.2, 0.25) is 0 Å². The van der Waals surface area contributed by atoms with Crippen molar-refractivity contribution in [1.82, 2.24) is 9.97 Å². The molecule has 1 heterocycles. The lowest BCUT2D eigenvalue weighted by Gasteiger charge is -1.95. The molecule has 1 aromatic heterocycles. The predicted molar refractivity (Wildman–Crippen MR) is 60.7 cm³/mol. The minimum atomic E-state index is -1.04. The summed E-state index contributed by atoms with van der Waals surface area (Å²) < 4.78 is 12.7. The molecule has 0 bridgehead atoms. The number of H-pyrrole nitrogens is 1. The standard InChI is InChI=1S/C12H9FN2O2/c13-9-3-1-8(2-4-9)10-7-14-11(15-10)5-6-12(16)17/h1-7H,(H,14,15)(H,16,17)/b6-5+. The maximum absolute atomic E-state index is 12.7. The number of hydrogen-bond donors (Lipinski definition) is 2. The van der Waals surface area contributed by atoms with Gasteiger partial charge in [-0.3, -0.25) is 0 Å². The van der Waals surface area contributed by atoms with E-state index in [2.05, 4.69) is 9.97 Å². The van der Waals surface area contributed by atoms with Crippen LogP contribution in [-0.2, 0) is 4.79 Å². The number of nitrogens with zero attached hydrogens (tertiary/aromatic N) is 1. The SMILES string of the molecule is O=C(O)/C=C/c1ncc(-c2ccc(F)cc2)[nH]1. The number of aromatic amines is 1. The third-order valence-electron chi connectivity index (χ3n) is 2.13. The van der Waals surface area contributed by atoms with Crippen molar-refractivity contribution in [3.05, 3.63) is 48.2 Å². The highest BCUT2D eigenvalue weighted by atomic mass is 19.1. The zero-order valence-electron chi connectivity index (χ0n) is 8.72. The number of imidazole rings is 1. The Labute approximate surface area is 96.4 Å². The molecule has 0 spiro atoms. The highest BCUT2D eigenvalue weighted by Gasteiger charge is 2.01. The number of rotatable bonds is 3. The number of aliphatic carboxylic acids is 1. The summed E-state index contributed by atoms with van der Waals surface area (Å²) in [6.45, 7) is 0. The Morgan fingerprint density at radius 1 is 1.35 bits per heavy atom. The van der Waals surface area contributed by atoms with Gasteiger partial charge in [-0.05, 0) is 35.9 Å². The van der Waals surface area contributed by atoms with Gasteiger partial charge in [0.1, 0.15) is 11.6 Å². The van der Waals surface area contributed by atoms with Crippen molar-refractivity contribution in [1.29, 1.82) is 0 Å². The third-order valence-corrected chi connectivity index (χ3v) is 2.13. The number of halogens is 1. The number of aromatic nitrogens is 2. The van der Waals surface area contributed by atoms with E-state index in [1.807, 2.05) is 0 Å². The molecule has 2 aromatic rings. The molecule has 0 amide bonds. The summed E-state index contributed by atoms with van der Waals surface area (Å²) in [7, 11) is 0. The summed E-state index contributed by atoms with van der Waals surface area (Å²) in [5.41, 5.74) is 1.49. The summed E-state index contributed by atoms with van der Waals surface area (Å²) in [4.78, 5) is 17.2. The molecule has 5 heteroatoms. The van der Waals surface area contributed by atoms with Crippen LogP contribution in [0.15, 0.2) is 36.5 Å². The van der Waals surface area contributed by atoms with Gasteiger partial charge in [0, 0.05) is 6.08 Å². The van der Waals surface area contributed by atoms with E-state index < -0.39 is 5.97 Å². The molecule has 4 nitrogen and oxygen atoms in total. The first kappa shape index (κ1) is 11.1. The zero-order chi connectivity index (χ0) is 12.3. The normalized spacial score (nSPS) is 10.9. The topological polar surface area (TPSA) is 66.0 Å². The fourth-order valence-electron chi connectivity index (χ4n) is 1.35. The maximum Gasteiger partial charge on any atom is 0.328 e. The molecule has 0 fully saturated rings. The lowest BCUT2D eigenvalue weighted by molar-refractivity contribution is -0.131. The summed E-state index contributed by atoms with van der Waals surface area (Å²) in [5.74, 6) is -0.907. The van der Waals surface area contributed by atoms with Crippen LogP contribution in [0.5, 0.6) is 0 Å². The van der Waals surface area contributed by atoms with Gasteiger partial charge in [-0.25, -0.2) is 14.2 Å². The molecule has 0 saturated heterocycles. The number of carbonyl (C=O) groups is 1. The number of benzene rings is 1. The second-order valence-corrected chi connectivity index (χ2v) is 3.36. The summed E-state index contributed by atoms with van der Waals surface area (Å²) in [6, 6.07) is 5.94. The average Bonchev–Trinajstić information content (AvgIpc) is 2.76. The number of hydrogen-bond acceptors (Lipinski definition) is 2. The molecule has 86 valence electrons. The molecular formula is C12H9FN2O2. The van der Waals surface area contributed by atoms with Gasteiger partial charge in [0.15, 0.2) is 0 Å². The van der Waals surface area contributed by atoms with Gasteiger partial charge >= 0.3 is 5.97 Å². The Balaban J connectivity index is 2.23. The van der Waals surface area contributed by atoms with Gasteiger partial charge in [0.05, 0.1) is 11.9 Å². The molecular weight excluding hydrogens is 223 g/mol. The van der Waals surface area contributed by atoms with Crippen LogP contribution in [0.3, 0.4) is 0 Å². The van der Waals surface area contributed by atoms with Crippen LogP contribution in [-0.4, -0.2) is 21.0 Å². The van der Waals surface area contributed by atoms with E-state index in [0.717, 1.165) is 11.6 Å². The van der Waals surface area contributed by atoms with E-state index in [4.69, 9.17) is 5.11 Å². The summed E-state index contributed by atoms with van der Waals surface area (Å²) in [5, 5.41) is 8.46. The molecule has 0 aliphatic heterocycles. The van der Waals surface area contributed by atoms with Crippen molar-refractivity contribution in [2.24, 2.45) is 0 Å². The van der Waals surface area contributed by atoms with Crippen LogP contribution in [0.25, 0.3) is 17.3 Å². The lowest BCUT2D eigenvalue weighted by Crippen LogP contribution is -1.86.